The van der Waals surface area contributed by atoms with E-state index in [1.165, 1.54) is 30.3 Å². The van der Waals surface area contributed by atoms with Gasteiger partial charge in [0.15, 0.2) is 0 Å². The van der Waals surface area contributed by atoms with Crippen molar-refractivity contribution in [3.63, 3.8) is 0 Å². The fourth-order valence-electron chi connectivity index (χ4n) is 2.74. The van der Waals surface area contributed by atoms with E-state index < -0.39 is 30.8 Å². The van der Waals surface area contributed by atoms with Gasteiger partial charge in [0.1, 0.15) is 5.75 Å². The van der Waals surface area contributed by atoms with E-state index in [-0.39, 0.29) is 34.6 Å². The van der Waals surface area contributed by atoms with Crippen LogP contribution in [-0.2, 0) is 15.8 Å². The third-order valence-corrected chi connectivity index (χ3v) is 4.36. The molecule has 1 fully saturated rings. The lowest BCUT2D eigenvalue weighted by atomic mass is 10.1. The summed E-state index contributed by atoms with van der Waals surface area (Å²) in [6, 6.07) is 8.60. The molecule has 3 rings (SSSR count). The minimum atomic E-state index is -4.74. The van der Waals surface area contributed by atoms with E-state index in [9.17, 15) is 31.5 Å². The van der Waals surface area contributed by atoms with Crippen LogP contribution < -0.4 is 20.7 Å². The number of alkyl halides is 5. The summed E-state index contributed by atoms with van der Waals surface area (Å²) in [5.41, 5.74) is -1.49. The number of amides is 2. The molecular formula is C20H18F5N3O3. The van der Waals surface area contributed by atoms with E-state index in [1.54, 1.807) is 0 Å². The molecule has 0 heterocycles. The van der Waals surface area contributed by atoms with Crippen LogP contribution in [0.3, 0.4) is 0 Å². The molecule has 6 nitrogen and oxygen atoms in total. The second kappa shape index (κ2) is 9.19. The zero-order valence-electron chi connectivity index (χ0n) is 15.9. The van der Waals surface area contributed by atoms with Crippen molar-refractivity contribution in [2.45, 2.75) is 25.6 Å². The summed E-state index contributed by atoms with van der Waals surface area (Å²) < 4.78 is 69.5. The number of nitrogens with one attached hydrogen (secondary N) is 3. The molecule has 2 aromatic rings. The van der Waals surface area contributed by atoms with Crippen LogP contribution in [0.1, 0.15) is 18.4 Å². The zero-order chi connectivity index (χ0) is 22.6. The zero-order valence-corrected chi connectivity index (χ0v) is 15.9. The van der Waals surface area contributed by atoms with E-state index in [1.807, 2.05) is 0 Å². The summed E-state index contributed by atoms with van der Waals surface area (Å²) in [7, 11) is 0. The molecule has 3 N–H and O–H groups in total. The van der Waals surface area contributed by atoms with Crippen LogP contribution in [0.15, 0.2) is 42.5 Å². The Balaban J connectivity index is 1.68. The molecule has 0 atom stereocenters. The van der Waals surface area contributed by atoms with E-state index >= 15 is 0 Å². The Kier molecular flexibility index (Phi) is 6.62. The topological polar surface area (TPSA) is 79.5 Å². The minimum Gasteiger partial charge on any atom is -0.433 e. The monoisotopic (exact) mass is 443 g/mol. The highest BCUT2D eigenvalue weighted by Gasteiger charge is 2.35. The Labute approximate surface area is 173 Å². The van der Waals surface area contributed by atoms with Gasteiger partial charge in [-0.15, -0.1) is 0 Å². The van der Waals surface area contributed by atoms with Crippen molar-refractivity contribution < 1.29 is 36.3 Å². The first-order chi connectivity index (χ1) is 14.6. The quantitative estimate of drug-likeness (QED) is 0.517. The van der Waals surface area contributed by atoms with Crippen LogP contribution in [0.5, 0.6) is 5.75 Å². The van der Waals surface area contributed by atoms with E-state index in [0.29, 0.717) is 12.8 Å². The molecule has 31 heavy (non-hydrogen) atoms. The lowest BCUT2D eigenvalue weighted by molar-refractivity contribution is -0.137. The maximum Gasteiger partial charge on any atom is 0.418 e. The van der Waals surface area contributed by atoms with Crippen LogP contribution >= 0.6 is 0 Å². The Morgan fingerprint density at radius 2 is 1.74 bits per heavy atom. The minimum absolute atomic E-state index is 0.00250. The Hall–Kier alpha value is -3.37. The van der Waals surface area contributed by atoms with Gasteiger partial charge in [0.2, 0.25) is 11.8 Å². The third kappa shape index (κ3) is 6.30. The lowest BCUT2D eigenvalue weighted by Crippen LogP contribution is -2.24. The first-order valence-corrected chi connectivity index (χ1v) is 9.23. The first kappa shape index (κ1) is 22.3. The van der Waals surface area contributed by atoms with Crippen molar-refractivity contribution in [3.8, 4) is 5.75 Å². The van der Waals surface area contributed by atoms with Gasteiger partial charge < -0.3 is 20.7 Å². The molecule has 0 aromatic heterocycles. The highest BCUT2D eigenvalue weighted by atomic mass is 19.4. The predicted molar refractivity (Wildman–Crippen MR) is 103 cm³/mol. The van der Waals surface area contributed by atoms with E-state index in [0.717, 1.165) is 12.1 Å². The largest absolute Gasteiger partial charge is 0.433 e. The molecule has 1 aliphatic rings. The van der Waals surface area contributed by atoms with Gasteiger partial charge in [0.25, 0.3) is 0 Å². The molecule has 2 aromatic carbocycles. The molecular weight excluding hydrogens is 425 g/mol. The maximum atomic E-state index is 13.4. The molecule has 0 radical (unpaired) electrons. The number of carbonyl (C=O) groups is 2. The molecule has 0 bridgehead atoms. The third-order valence-electron chi connectivity index (χ3n) is 4.36. The standard InChI is InChI=1S/C20H18F5N3O3/c21-19(22)31-16-4-2-1-3-15(16)28-17(29)10-26-14-8-7-12(9-13(14)20(23,24)25)27-18(30)11-5-6-11/h1-4,7-9,11,19,26H,5-6,10H2,(H,27,30)(H,28,29). The molecule has 1 saturated carbocycles. The van der Waals surface area contributed by atoms with Gasteiger partial charge in [0, 0.05) is 17.3 Å². The van der Waals surface area contributed by atoms with Gasteiger partial charge >= 0.3 is 12.8 Å². The van der Waals surface area contributed by atoms with Crippen molar-refractivity contribution in [3.05, 3.63) is 48.0 Å². The Bertz CT molecular complexity index is 961. The van der Waals surface area contributed by atoms with Gasteiger partial charge in [-0.25, -0.2) is 0 Å². The molecule has 0 aliphatic heterocycles. The molecule has 0 unspecified atom stereocenters. The average Bonchev–Trinajstić information content (AvgIpc) is 3.53. The molecule has 1 aliphatic carbocycles. The SMILES string of the molecule is O=C(CNc1ccc(NC(=O)C2CC2)cc1C(F)(F)F)Nc1ccccc1OC(F)F. The van der Waals surface area contributed by atoms with Gasteiger partial charge in [-0.05, 0) is 43.2 Å². The fourth-order valence-corrected chi connectivity index (χ4v) is 2.74. The van der Waals surface area contributed by atoms with Crippen molar-refractivity contribution >= 4 is 28.9 Å². The van der Waals surface area contributed by atoms with Crippen LogP contribution in [-0.4, -0.2) is 25.0 Å². The van der Waals surface area contributed by atoms with Crippen molar-refractivity contribution in [1.82, 2.24) is 0 Å². The highest BCUT2D eigenvalue weighted by Crippen LogP contribution is 2.37. The van der Waals surface area contributed by atoms with Gasteiger partial charge in [-0.1, -0.05) is 12.1 Å². The average molecular weight is 443 g/mol. The van der Waals surface area contributed by atoms with Crippen molar-refractivity contribution in [2.24, 2.45) is 5.92 Å². The summed E-state index contributed by atoms with van der Waals surface area (Å²) in [6.45, 7) is -3.68. The number of para-hydroxylation sites is 2. The van der Waals surface area contributed by atoms with Crippen LogP contribution in [0, 0.1) is 5.92 Å². The van der Waals surface area contributed by atoms with E-state index in [2.05, 4.69) is 20.7 Å². The molecule has 166 valence electrons. The summed E-state index contributed by atoms with van der Waals surface area (Å²) in [4.78, 5) is 23.9. The Morgan fingerprint density at radius 3 is 2.39 bits per heavy atom. The number of halogens is 5. The smallest absolute Gasteiger partial charge is 0.418 e. The second-order valence-electron chi connectivity index (χ2n) is 6.80. The van der Waals surface area contributed by atoms with Crippen LogP contribution in [0.25, 0.3) is 0 Å². The van der Waals surface area contributed by atoms with Crippen LogP contribution in [0.2, 0.25) is 0 Å². The molecule has 2 amide bonds. The number of ether oxygens (including phenoxy) is 1. The first-order valence-electron chi connectivity index (χ1n) is 9.23. The molecule has 11 heteroatoms. The Morgan fingerprint density at radius 1 is 1.03 bits per heavy atom. The summed E-state index contributed by atoms with van der Waals surface area (Å²) in [6.07, 6.45) is -3.33. The summed E-state index contributed by atoms with van der Waals surface area (Å²) in [5, 5.41) is 7.13. The van der Waals surface area contributed by atoms with Gasteiger partial charge in [-0.2, -0.15) is 22.0 Å². The van der Waals surface area contributed by atoms with E-state index in [4.69, 9.17) is 0 Å². The fraction of sp³-hybridized carbons (Fsp3) is 0.300. The van der Waals surface area contributed by atoms with Crippen molar-refractivity contribution in [1.29, 1.82) is 0 Å². The number of hydrogen-bond donors (Lipinski definition) is 3. The normalized spacial score (nSPS) is 13.6. The number of carbonyl (C=O) groups excluding carboxylic acids is 2. The summed E-state index contributed by atoms with van der Waals surface area (Å²) >= 11 is 0. The van der Waals surface area contributed by atoms with Crippen LogP contribution in [0.4, 0.5) is 39.0 Å². The molecule has 0 saturated heterocycles. The highest BCUT2D eigenvalue weighted by molar-refractivity contribution is 5.96. The maximum absolute atomic E-state index is 13.4. The second-order valence-corrected chi connectivity index (χ2v) is 6.80. The lowest BCUT2D eigenvalue weighted by Gasteiger charge is -2.17. The molecule has 0 spiro atoms. The van der Waals surface area contributed by atoms with Gasteiger partial charge in [0.05, 0.1) is 17.8 Å². The van der Waals surface area contributed by atoms with Gasteiger partial charge in [-0.3, -0.25) is 9.59 Å². The number of anilines is 3. The number of benzene rings is 2. The summed E-state index contributed by atoms with van der Waals surface area (Å²) in [5.74, 6) is -1.56. The van der Waals surface area contributed by atoms with Crippen molar-refractivity contribution in [2.75, 3.05) is 22.5 Å². The number of hydrogen-bond acceptors (Lipinski definition) is 4. The predicted octanol–water partition coefficient (Wildman–Crippen LogP) is 4.71. The number of rotatable bonds is 8.